The molecule has 0 saturated heterocycles. The Morgan fingerprint density at radius 2 is 1.31 bits per heavy atom. The number of ether oxygens (including phenoxy) is 3. The van der Waals surface area contributed by atoms with Gasteiger partial charge in [-0.1, -0.05) is 80.1 Å². The van der Waals surface area contributed by atoms with E-state index in [9.17, 15) is 30.0 Å². The van der Waals surface area contributed by atoms with E-state index < -0.39 is 43.0 Å². The summed E-state index contributed by atoms with van der Waals surface area (Å²) in [5.74, 6) is 1.71. The number of carbonyl (C=O) groups excluding carboxylic acids is 2. The predicted octanol–water partition coefficient (Wildman–Crippen LogP) is 4.58. The SMILES string of the molecule is CCCc1c(OCCCCCOc2cc(-c3ccccc3)cc(-c3ccccc3)n2)cccc1OCCCC(=O)NCCCCC(NC)C(=O)NCC(O)C(O)C(O)C(O)CO. The average molecular weight is 859 g/mol. The first kappa shape index (κ1) is 49.6. The van der Waals surface area contributed by atoms with Crippen LogP contribution in [0.25, 0.3) is 22.4 Å². The van der Waals surface area contributed by atoms with Gasteiger partial charge in [-0.2, -0.15) is 0 Å². The predicted molar refractivity (Wildman–Crippen MR) is 239 cm³/mol. The van der Waals surface area contributed by atoms with Crippen molar-refractivity contribution >= 4 is 11.8 Å². The van der Waals surface area contributed by atoms with Crippen molar-refractivity contribution in [2.45, 2.75) is 102 Å². The lowest BCUT2D eigenvalue weighted by Crippen LogP contribution is -2.51. The number of hydrogen-bond donors (Lipinski definition) is 8. The highest BCUT2D eigenvalue weighted by molar-refractivity contribution is 5.81. The van der Waals surface area contributed by atoms with E-state index in [0.717, 1.165) is 71.6 Å². The molecule has 0 aliphatic carbocycles. The van der Waals surface area contributed by atoms with Gasteiger partial charge in [0.1, 0.15) is 29.8 Å². The Hall–Kier alpha value is -5.09. The number of pyridine rings is 1. The lowest BCUT2D eigenvalue weighted by molar-refractivity contribution is -0.127. The van der Waals surface area contributed by atoms with Gasteiger partial charge in [0.25, 0.3) is 0 Å². The minimum atomic E-state index is -1.77. The van der Waals surface area contributed by atoms with Crippen LogP contribution in [-0.2, 0) is 16.0 Å². The van der Waals surface area contributed by atoms with E-state index >= 15 is 0 Å². The van der Waals surface area contributed by atoms with Crippen molar-refractivity contribution in [1.29, 1.82) is 0 Å². The summed E-state index contributed by atoms with van der Waals surface area (Å²) in [7, 11) is 1.63. The highest BCUT2D eigenvalue weighted by Gasteiger charge is 2.30. The quantitative estimate of drug-likeness (QED) is 0.0339. The number of likely N-dealkylation sites (N-methyl/N-ethyl adjacent to an activating group) is 1. The Kier molecular flexibility index (Phi) is 22.2. The molecule has 1 heterocycles. The van der Waals surface area contributed by atoms with Crippen molar-refractivity contribution in [2.24, 2.45) is 0 Å². The Bertz CT molecular complexity index is 1830. The summed E-state index contributed by atoms with van der Waals surface area (Å²) in [5, 5.41) is 56.4. The Labute approximate surface area is 365 Å². The summed E-state index contributed by atoms with van der Waals surface area (Å²) in [5.41, 5.74) is 5.12. The molecule has 2 amide bonds. The summed E-state index contributed by atoms with van der Waals surface area (Å²) in [6.45, 7) is 2.94. The number of rotatable bonds is 30. The Morgan fingerprint density at radius 1 is 0.677 bits per heavy atom. The monoisotopic (exact) mass is 858 g/mol. The second-order valence-corrected chi connectivity index (χ2v) is 15.2. The minimum absolute atomic E-state index is 0.0808. The van der Waals surface area contributed by atoms with Crippen LogP contribution in [0.3, 0.4) is 0 Å². The second-order valence-electron chi connectivity index (χ2n) is 15.2. The molecule has 0 spiro atoms. The van der Waals surface area contributed by atoms with Crippen LogP contribution in [0.1, 0.15) is 70.3 Å². The Morgan fingerprint density at radius 3 is 1.95 bits per heavy atom. The third-order valence-corrected chi connectivity index (χ3v) is 10.4. The van der Waals surface area contributed by atoms with E-state index in [1.54, 1.807) is 7.05 Å². The molecule has 8 N–H and O–H groups in total. The van der Waals surface area contributed by atoms with E-state index in [0.29, 0.717) is 64.3 Å². The van der Waals surface area contributed by atoms with Gasteiger partial charge in [0.2, 0.25) is 17.7 Å². The van der Waals surface area contributed by atoms with Gasteiger partial charge < -0.3 is 55.7 Å². The maximum atomic E-state index is 12.6. The van der Waals surface area contributed by atoms with Gasteiger partial charge in [-0.15, -0.1) is 0 Å². The molecule has 5 atom stereocenters. The fourth-order valence-electron chi connectivity index (χ4n) is 6.81. The zero-order valence-electron chi connectivity index (χ0n) is 36.1. The molecular weight excluding hydrogens is 793 g/mol. The number of benzene rings is 3. The van der Waals surface area contributed by atoms with Gasteiger partial charge in [-0.05, 0) is 87.7 Å². The number of aromatic nitrogens is 1. The topological polar surface area (TPSA) is 212 Å². The third-order valence-electron chi connectivity index (χ3n) is 10.4. The van der Waals surface area contributed by atoms with Crippen LogP contribution < -0.4 is 30.2 Å². The third kappa shape index (κ3) is 16.6. The van der Waals surface area contributed by atoms with E-state index in [1.807, 2.05) is 60.7 Å². The highest BCUT2D eigenvalue weighted by atomic mass is 16.5. The molecule has 338 valence electrons. The molecule has 14 nitrogen and oxygen atoms in total. The number of nitrogens with one attached hydrogen (secondary N) is 3. The number of unbranched alkanes of at least 4 members (excludes halogenated alkanes) is 3. The number of nitrogens with zero attached hydrogens (tertiary/aromatic N) is 1. The largest absolute Gasteiger partial charge is 0.493 e. The summed E-state index contributed by atoms with van der Waals surface area (Å²) in [6, 6.07) is 29.8. The van der Waals surface area contributed by atoms with E-state index in [1.165, 1.54) is 0 Å². The zero-order chi connectivity index (χ0) is 44.5. The molecule has 0 aliphatic heterocycles. The molecule has 3 aromatic carbocycles. The van der Waals surface area contributed by atoms with Crippen molar-refractivity contribution in [3.8, 4) is 39.8 Å². The number of carbonyl (C=O) groups is 2. The van der Waals surface area contributed by atoms with Gasteiger partial charge in [0, 0.05) is 36.7 Å². The maximum Gasteiger partial charge on any atom is 0.237 e. The van der Waals surface area contributed by atoms with Crippen molar-refractivity contribution in [3.05, 3.63) is 96.6 Å². The standard InChI is InChI=1S/C48H66N4O10/c1-3-17-37-42(60-27-13-6-14-28-62-45-31-36(34-18-7-4-8-19-34)30-39(52-45)35-20-9-5-10-21-35)23-15-24-43(37)61-29-16-25-44(56)50-26-12-11-22-38(49-2)48(59)51-32-40(54)46(57)47(58)41(55)33-53/h4-5,7-10,15,18-21,23-24,30-31,38,40-41,46-47,49,53-55,57-58H,3,6,11-14,16-17,22,25-29,32-33H2,1-2H3,(H,50,56)(H,51,59). The van der Waals surface area contributed by atoms with E-state index in [2.05, 4.69) is 53.2 Å². The molecule has 62 heavy (non-hydrogen) atoms. The molecule has 4 aromatic rings. The van der Waals surface area contributed by atoms with Gasteiger partial charge in [-0.3, -0.25) is 9.59 Å². The highest BCUT2D eigenvalue weighted by Crippen LogP contribution is 2.31. The van der Waals surface area contributed by atoms with Gasteiger partial charge in [-0.25, -0.2) is 4.98 Å². The molecule has 4 rings (SSSR count). The molecule has 14 heteroatoms. The molecule has 0 bridgehead atoms. The van der Waals surface area contributed by atoms with Crippen molar-refractivity contribution in [1.82, 2.24) is 20.9 Å². The fourth-order valence-corrected chi connectivity index (χ4v) is 6.81. The normalized spacial score (nSPS) is 13.7. The summed E-state index contributed by atoms with van der Waals surface area (Å²) in [6.07, 6.45) is 0.328. The van der Waals surface area contributed by atoms with Crippen molar-refractivity contribution in [2.75, 3.05) is 46.6 Å². The lowest BCUT2D eigenvalue weighted by Gasteiger charge is -2.26. The van der Waals surface area contributed by atoms with Crippen LogP contribution in [-0.4, -0.2) is 119 Å². The van der Waals surface area contributed by atoms with E-state index in [4.69, 9.17) is 24.3 Å². The number of amides is 2. The molecule has 0 aliphatic rings. The molecule has 1 aromatic heterocycles. The van der Waals surface area contributed by atoms with Gasteiger partial charge >= 0.3 is 0 Å². The molecular formula is C48H66N4O10. The van der Waals surface area contributed by atoms with Crippen LogP contribution in [0.15, 0.2) is 91.0 Å². The number of aliphatic hydroxyl groups is 5. The van der Waals surface area contributed by atoms with E-state index in [-0.39, 0.29) is 12.5 Å². The van der Waals surface area contributed by atoms with Gasteiger partial charge in [0.15, 0.2) is 0 Å². The Balaban J connectivity index is 1.11. The lowest BCUT2D eigenvalue weighted by atomic mass is 10.0. The van der Waals surface area contributed by atoms with Crippen LogP contribution >= 0.6 is 0 Å². The van der Waals surface area contributed by atoms with Crippen LogP contribution in [0, 0.1) is 0 Å². The second kappa shape index (κ2) is 27.8. The first-order valence-electron chi connectivity index (χ1n) is 21.8. The zero-order valence-corrected chi connectivity index (χ0v) is 36.1. The summed E-state index contributed by atoms with van der Waals surface area (Å²) in [4.78, 5) is 29.9. The first-order chi connectivity index (χ1) is 30.1. The first-order valence-corrected chi connectivity index (χ1v) is 21.8. The van der Waals surface area contributed by atoms with Crippen molar-refractivity contribution in [3.63, 3.8) is 0 Å². The molecule has 0 saturated carbocycles. The van der Waals surface area contributed by atoms with Gasteiger partial charge in [0.05, 0.1) is 44.3 Å². The minimum Gasteiger partial charge on any atom is -0.493 e. The van der Waals surface area contributed by atoms with Crippen LogP contribution in [0.5, 0.6) is 17.4 Å². The number of aliphatic hydroxyl groups excluding tert-OH is 5. The van der Waals surface area contributed by atoms with Crippen molar-refractivity contribution < 1.29 is 49.3 Å². The van der Waals surface area contributed by atoms with Crippen LogP contribution in [0.2, 0.25) is 0 Å². The molecule has 0 radical (unpaired) electrons. The molecule has 5 unspecified atom stereocenters. The average Bonchev–Trinajstić information content (AvgIpc) is 3.30. The maximum absolute atomic E-state index is 12.6. The summed E-state index contributed by atoms with van der Waals surface area (Å²) < 4.78 is 18.6. The molecule has 0 fully saturated rings. The summed E-state index contributed by atoms with van der Waals surface area (Å²) >= 11 is 0. The smallest absolute Gasteiger partial charge is 0.237 e. The number of hydrogen-bond acceptors (Lipinski definition) is 12. The fraction of sp³-hybridized carbons (Fsp3) is 0.479. The van der Waals surface area contributed by atoms with Crippen LogP contribution in [0.4, 0.5) is 0 Å².